The molecule has 1 N–H and O–H groups in total. The molecule has 2 aromatic heterocycles. The topological polar surface area (TPSA) is 89.8 Å². The van der Waals surface area contributed by atoms with Gasteiger partial charge in [0.2, 0.25) is 5.91 Å². The first kappa shape index (κ1) is 18.2. The van der Waals surface area contributed by atoms with Gasteiger partial charge in [-0.2, -0.15) is 0 Å². The third-order valence-electron chi connectivity index (χ3n) is 4.38. The molecule has 0 aliphatic carbocycles. The Morgan fingerprint density at radius 3 is 2.93 bits per heavy atom. The van der Waals surface area contributed by atoms with Crippen LogP contribution in [0.2, 0.25) is 0 Å². The van der Waals surface area contributed by atoms with Gasteiger partial charge in [0.05, 0.1) is 23.1 Å². The number of rotatable bonds is 4. The lowest BCUT2D eigenvalue weighted by atomic mass is 10.2. The Labute approximate surface area is 164 Å². The van der Waals surface area contributed by atoms with Crippen molar-refractivity contribution in [2.45, 2.75) is 30.1 Å². The SMILES string of the molecule is Cc1cccn2c(=O)cc(COC(=O)C[C@H]3Sc4ccccc4NC3=O)nc12. The van der Waals surface area contributed by atoms with E-state index in [0.717, 1.165) is 16.1 Å². The van der Waals surface area contributed by atoms with Crippen molar-refractivity contribution in [1.29, 1.82) is 0 Å². The number of hydrogen-bond donors (Lipinski definition) is 1. The molecule has 0 bridgehead atoms. The normalized spacial score (nSPS) is 15.8. The van der Waals surface area contributed by atoms with Crippen molar-refractivity contribution in [3.8, 4) is 0 Å². The standard InChI is InChI=1S/C20H17N3O4S/c1-12-5-4-8-23-17(24)9-13(21-19(12)23)11-27-18(25)10-16-20(26)22-14-6-2-3-7-15(14)28-16/h2-9,16H,10-11H2,1H3,(H,22,26)/t16-/m1/s1. The van der Waals surface area contributed by atoms with E-state index in [1.54, 1.807) is 12.3 Å². The van der Waals surface area contributed by atoms with E-state index in [0.29, 0.717) is 11.3 Å². The third-order valence-corrected chi connectivity index (χ3v) is 5.65. The Balaban J connectivity index is 1.43. The van der Waals surface area contributed by atoms with Crippen molar-refractivity contribution in [1.82, 2.24) is 9.38 Å². The van der Waals surface area contributed by atoms with Crippen LogP contribution in [0.4, 0.5) is 5.69 Å². The molecule has 3 aromatic rings. The highest BCUT2D eigenvalue weighted by atomic mass is 32.2. The molecule has 28 heavy (non-hydrogen) atoms. The molecule has 1 aromatic carbocycles. The first-order valence-electron chi connectivity index (χ1n) is 8.71. The quantitative estimate of drug-likeness (QED) is 0.683. The van der Waals surface area contributed by atoms with Crippen LogP contribution in [0.5, 0.6) is 0 Å². The molecule has 1 aliphatic heterocycles. The van der Waals surface area contributed by atoms with Crippen LogP contribution in [0.1, 0.15) is 17.7 Å². The summed E-state index contributed by atoms with van der Waals surface area (Å²) in [6.07, 6.45) is 1.58. The third kappa shape index (κ3) is 3.63. The van der Waals surface area contributed by atoms with Crippen LogP contribution in [-0.4, -0.2) is 26.5 Å². The van der Waals surface area contributed by atoms with E-state index in [1.807, 2.05) is 37.3 Å². The lowest BCUT2D eigenvalue weighted by Crippen LogP contribution is -2.31. The van der Waals surface area contributed by atoms with Gasteiger partial charge in [0, 0.05) is 17.2 Å². The summed E-state index contributed by atoms with van der Waals surface area (Å²) in [5.41, 5.74) is 2.26. The van der Waals surface area contributed by atoms with Crippen molar-refractivity contribution in [2.24, 2.45) is 0 Å². The maximum absolute atomic E-state index is 12.2. The summed E-state index contributed by atoms with van der Waals surface area (Å²) in [6.45, 7) is 1.74. The highest BCUT2D eigenvalue weighted by Crippen LogP contribution is 2.36. The number of thioether (sulfide) groups is 1. The number of benzene rings is 1. The molecule has 8 heteroatoms. The summed E-state index contributed by atoms with van der Waals surface area (Å²) in [5, 5.41) is 2.24. The molecule has 0 spiro atoms. The summed E-state index contributed by atoms with van der Waals surface area (Å²) >= 11 is 1.34. The van der Waals surface area contributed by atoms with Crippen LogP contribution < -0.4 is 10.9 Å². The van der Waals surface area contributed by atoms with E-state index in [4.69, 9.17) is 4.74 Å². The fourth-order valence-electron chi connectivity index (χ4n) is 2.97. The van der Waals surface area contributed by atoms with Gasteiger partial charge in [0.15, 0.2) is 0 Å². The Hall–Kier alpha value is -3.13. The minimum Gasteiger partial charge on any atom is -0.459 e. The van der Waals surface area contributed by atoms with Crippen LogP contribution in [0.25, 0.3) is 5.65 Å². The summed E-state index contributed by atoms with van der Waals surface area (Å²) in [4.78, 5) is 41.9. The van der Waals surface area contributed by atoms with Crippen molar-refractivity contribution in [2.75, 3.05) is 5.32 Å². The molecule has 1 atom stereocenters. The molecule has 142 valence electrons. The van der Waals surface area contributed by atoms with Crippen LogP contribution in [-0.2, 0) is 20.9 Å². The van der Waals surface area contributed by atoms with E-state index in [9.17, 15) is 14.4 Å². The van der Waals surface area contributed by atoms with Gasteiger partial charge >= 0.3 is 5.97 Å². The number of ether oxygens (including phenoxy) is 1. The van der Waals surface area contributed by atoms with Gasteiger partial charge in [-0.15, -0.1) is 11.8 Å². The average molecular weight is 395 g/mol. The maximum Gasteiger partial charge on any atom is 0.307 e. The smallest absolute Gasteiger partial charge is 0.307 e. The summed E-state index contributed by atoms with van der Waals surface area (Å²) in [6, 6.07) is 12.4. The van der Waals surface area contributed by atoms with E-state index >= 15 is 0 Å². The number of amides is 1. The minimum absolute atomic E-state index is 0.0591. The van der Waals surface area contributed by atoms with Crippen LogP contribution in [0.15, 0.2) is 58.4 Å². The summed E-state index contributed by atoms with van der Waals surface area (Å²) < 4.78 is 6.71. The number of fused-ring (bicyclic) bond motifs is 2. The van der Waals surface area contributed by atoms with Crippen LogP contribution in [0.3, 0.4) is 0 Å². The lowest BCUT2D eigenvalue weighted by Gasteiger charge is -2.23. The average Bonchev–Trinajstić information content (AvgIpc) is 2.68. The molecule has 3 heterocycles. The van der Waals surface area contributed by atoms with Crippen molar-refractivity contribution >= 4 is 35.0 Å². The number of carbonyl (C=O) groups excluding carboxylic acids is 2. The van der Waals surface area contributed by atoms with E-state index in [1.165, 1.54) is 22.2 Å². The molecule has 0 unspecified atom stereocenters. The molecule has 1 amide bonds. The Bertz CT molecular complexity index is 1140. The van der Waals surface area contributed by atoms with Gasteiger partial charge in [-0.3, -0.25) is 18.8 Å². The Morgan fingerprint density at radius 1 is 1.25 bits per heavy atom. The number of aryl methyl sites for hydroxylation is 1. The summed E-state index contributed by atoms with van der Waals surface area (Å²) in [5.74, 6) is -0.739. The minimum atomic E-state index is -0.556. The predicted molar refractivity (Wildman–Crippen MR) is 105 cm³/mol. The molecule has 7 nitrogen and oxygen atoms in total. The maximum atomic E-state index is 12.2. The number of nitrogens with zero attached hydrogens (tertiary/aromatic N) is 2. The Kier molecular flexibility index (Phi) is 4.87. The number of nitrogens with one attached hydrogen (secondary N) is 1. The van der Waals surface area contributed by atoms with Gasteiger partial charge in [-0.1, -0.05) is 18.2 Å². The molecular formula is C20H17N3O4S. The first-order valence-corrected chi connectivity index (χ1v) is 9.59. The lowest BCUT2D eigenvalue weighted by molar-refractivity contribution is -0.145. The van der Waals surface area contributed by atoms with Gasteiger partial charge in [-0.25, -0.2) is 4.98 Å². The van der Waals surface area contributed by atoms with E-state index in [2.05, 4.69) is 10.3 Å². The van der Waals surface area contributed by atoms with Crippen molar-refractivity contribution in [3.63, 3.8) is 0 Å². The molecule has 0 fully saturated rings. The van der Waals surface area contributed by atoms with Crippen LogP contribution in [0, 0.1) is 6.92 Å². The number of hydrogen-bond acceptors (Lipinski definition) is 6. The van der Waals surface area contributed by atoms with Crippen molar-refractivity contribution in [3.05, 3.63) is 70.3 Å². The number of anilines is 1. The highest BCUT2D eigenvalue weighted by molar-refractivity contribution is 8.01. The van der Waals surface area contributed by atoms with Gasteiger partial charge in [0.25, 0.3) is 5.56 Å². The Morgan fingerprint density at radius 2 is 2.07 bits per heavy atom. The second-order valence-electron chi connectivity index (χ2n) is 6.43. The summed E-state index contributed by atoms with van der Waals surface area (Å²) in [7, 11) is 0. The molecule has 0 saturated heterocycles. The van der Waals surface area contributed by atoms with Gasteiger partial charge in [-0.05, 0) is 30.7 Å². The largest absolute Gasteiger partial charge is 0.459 e. The number of aromatic nitrogens is 2. The molecule has 4 rings (SSSR count). The number of esters is 1. The molecular weight excluding hydrogens is 378 g/mol. The number of para-hydroxylation sites is 1. The number of pyridine rings is 1. The second kappa shape index (κ2) is 7.47. The van der Waals surface area contributed by atoms with Crippen LogP contribution >= 0.6 is 11.8 Å². The van der Waals surface area contributed by atoms with Crippen molar-refractivity contribution < 1.29 is 14.3 Å². The zero-order valence-corrected chi connectivity index (χ0v) is 15.9. The molecule has 0 radical (unpaired) electrons. The van der Waals surface area contributed by atoms with E-state index in [-0.39, 0.29) is 24.5 Å². The predicted octanol–water partition coefficient (Wildman–Crippen LogP) is 2.55. The number of carbonyl (C=O) groups is 2. The zero-order chi connectivity index (χ0) is 19.7. The second-order valence-corrected chi connectivity index (χ2v) is 7.67. The molecule has 0 saturated carbocycles. The monoisotopic (exact) mass is 395 g/mol. The van der Waals surface area contributed by atoms with Gasteiger partial charge < -0.3 is 10.1 Å². The van der Waals surface area contributed by atoms with Gasteiger partial charge in [0.1, 0.15) is 12.3 Å². The fraction of sp³-hybridized carbons (Fsp3) is 0.200. The zero-order valence-electron chi connectivity index (χ0n) is 15.0. The molecule has 1 aliphatic rings. The first-order chi connectivity index (χ1) is 13.5. The van der Waals surface area contributed by atoms with E-state index < -0.39 is 11.2 Å². The fourth-order valence-corrected chi connectivity index (χ4v) is 4.07. The highest BCUT2D eigenvalue weighted by Gasteiger charge is 2.29.